The predicted molar refractivity (Wildman–Crippen MR) is 58.7 cm³/mol. The van der Waals surface area contributed by atoms with E-state index in [-0.39, 0.29) is 6.03 Å². The lowest BCUT2D eigenvalue weighted by Gasteiger charge is -2.26. The van der Waals surface area contributed by atoms with Crippen molar-refractivity contribution in [2.75, 3.05) is 7.11 Å². The van der Waals surface area contributed by atoms with E-state index >= 15 is 0 Å². The summed E-state index contributed by atoms with van der Waals surface area (Å²) in [5.41, 5.74) is 2.26. The molecule has 1 aliphatic rings. The van der Waals surface area contributed by atoms with Crippen molar-refractivity contribution in [2.45, 2.75) is 35.6 Å². The Morgan fingerprint density at radius 1 is 1.54 bits per heavy atom. The molecule has 5 heteroatoms. The van der Waals surface area contributed by atoms with Crippen LogP contribution in [0.4, 0.5) is 4.79 Å². The molecular formula is C8H15IN2O2. The lowest BCUT2D eigenvalue weighted by Crippen LogP contribution is -2.43. The van der Waals surface area contributed by atoms with E-state index in [9.17, 15) is 4.79 Å². The van der Waals surface area contributed by atoms with Gasteiger partial charge in [-0.2, -0.15) is 0 Å². The number of nitrogens with one attached hydrogen (secondary N) is 2. The maximum Gasteiger partial charge on any atom is 0.338 e. The van der Waals surface area contributed by atoms with Crippen molar-refractivity contribution >= 4 is 28.6 Å². The van der Waals surface area contributed by atoms with Crippen LogP contribution in [0.3, 0.4) is 0 Å². The number of hydroxylamine groups is 1. The van der Waals surface area contributed by atoms with Gasteiger partial charge in [-0.15, -0.1) is 0 Å². The maximum absolute atomic E-state index is 11.1. The van der Waals surface area contributed by atoms with Crippen LogP contribution >= 0.6 is 22.6 Å². The monoisotopic (exact) mass is 298 g/mol. The highest BCUT2D eigenvalue weighted by Gasteiger charge is 2.20. The SMILES string of the molecule is CONC(=O)N[C@@H]1CCC[C@H](I)C1. The Balaban J connectivity index is 2.23. The van der Waals surface area contributed by atoms with E-state index < -0.39 is 0 Å². The highest BCUT2D eigenvalue weighted by Crippen LogP contribution is 2.24. The number of halogens is 1. The lowest BCUT2D eigenvalue weighted by molar-refractivity contribution is 0.105. The Hall–Kier alpha value is -0.0400. The van der Waals surface area contributed by atoms with E-state index in [2.05, 4.69) is 38.2 Å². The molecular weight excluding hydrogens is 283 g/mol. The van der Waals surface area contributed by atoms with Gasteiger partial charge in [-0.3, -0.25) is 4.84 Å². The van der Waals surface area contributed by atoms with E-state index in [1.165, 1.54) is 20.0 Å². The van der Waals surface area contributed by atoms with Crippen LogP contribution in [-0.4, -0.2) is 23.1 Å². The number of carbonyl (C=O) groups is 1. The van der Waals surface area contributed by atoms with Gasteiger partial charge in [0.15, 0.2) is 0 Å². The zero-order valence-electron chi connectivity index (χ0n) is 7.68. The second-order valence-corrected chi connectivity index (χ2v) is 5.00. The van der Waals surface area contributed by atoms with Crippen molar-refractivity contribution in [2.24, 2.45) is 0 Å². The van der Waals surface area contributed by atoms with Crippen LogP contribution in [0, 0.1) is 0 Å². The van der Waals surface area contributed by atoms with Gasteiger partial charge < -0.3 is 5.32 Å². The van der Waals surface area contributed by atoms with Crippen molar-refractivity contribution in [3.05, 3.63) is 0 Å². The molecule has 0 unspecified atom stereocenters. The number of hydrogen-bond acceptors (Lipinski definition) is 2. The van der Waals surface area contributed by atoms with Gasteiger partial charge in [0, 0.05) is 9.97 Å². The normalized spacial score (nSPS) is 28.2. The summed E-state index contributed by atoms with van der Waals surface area (Å²) in [5.74, 6) is 0. The average molecular weight is 298 g/mol. The molecule has 1 rings (SSSR count). The minimum absolute atomic E-state index is 0.238. The molecule has 0 aromatic rings. The van der Waals surface area contributed by atoms with Gasteiger partial charge in [-0.05, 0) is 19.3 Å². The summed E-state index contributed by atoms with van der Waals surface area (Å²) in [6, 6.07) is 0.0730. The fourth-order valence-electron chi connectivity index (χ4n) is 1.57. The quantitative estimate of drug-likeness (QED) is 0.462. The summed E-state index contributed by atoms with van der Waals surface area (Å²) in [5, 5.41) is 2.87. The molecule has 2 N–H and O–H groups in total. The maximum atomic E-state index is 11.1. The van der Waals surface area contributed by atoms with Gasteiger partial charge in [-0.1, -0.05) is 29.0 Å². The molecule has 0 heterocycles. The molecule has 1 fully saturated rings. The molecule has 76 valence electrons. The number of urea groups is 1. The van der Waals surface area contributed by atoms with Crippen LogP contribution in [0.15, 0.2) is 0 Å². The minimum atomic E-state index is -0.238. The second kappa shape index (κ2) is 5.64. The van der Waals surface area contributed by atoms with Crippen molar-refractivity contribution in [1.29, 1.82) is 0 Å². The Labute approximate surface area is 91.9 Å². The third kappa shape index (κ3) is 4.12. The topological polar surface area (TPSA) is 50.4 Å². The zero-order valence-corrected chi connectivity index (χ0v) is 9.84. The summed E-state index contributed by atoms with van der Waals surface area (Å²) >= 11 is 2.44. The summed E-state index contributed by atoms with van der Waals surface area (Å²) in [7, 11) is 1.43. The molecule has 2 atom stereocenters. The zero-order chi connectivity index (χ0) is 9.68. The van der Waals surface area contributed by atoms with Crippen LogP contribution in [0.5, 0.6) is 0 Å². The van der Waals surface area contributed by atoms with E-state index in [4.69, 9.17) is 0 Å². The second-order valence-electron chi connectivity index (χ2n) is 3.24. The summed E-state index contributed by atoms with van der Waals surface area (Å²) in [6.07, 6.45) is 4.62. The lowest BCUT2D eigenvalue weighted by atomic mass is 9.96. The Morgan fingerprint density at radius 2 is 2.31 bits per heavy atom. The smallest absolute Gasteiger partial charge is 0.334 e. The molecule has 0 aromatic carbocycles. The molecule has 0 bridgehead atoms. The van der Waals surface area contributed by atoms with E-state index in [0.717, 1.165) is 12.8 Å². The number of alkyl halides is 1. The number of amides is 2. The molecule has 0 radical (unpaired) electrons. The third-order valence-corrected chi connectivity index (χ3v) is 3.27. The van der Waals surface area contributed by atoms with Crippen molar-refractivity contribution in [3.63, 3.8) is 0 Å². The predicted octanol–water partition coefficient (Wildman–Crippen LogP) is 1.59. The molecule has 0 aliphatic heterocycles. The summed E-state index contributed by atoms with van der Waals surface area (Å²) < 4.78 is 0.694. The van der Waals surface area contributed by atoms with E-state index in [1.54, 1.807) is 0 Å². The third-order valence-electron chi connectivity index (χ3n) is 2.14. The van der Waals surface area contributed by atoms with Gasteiger partial charge in [-0.25, -0.2) is 10.3 Å². The van der Waals surface area contributed by atoms with Gasteiger partial charge in [0.2, 0.25) is 0 Å². The van der Waals surface area contributed by atoms with Crippen molar-refractivity contribution < 1.29 is 9.63 Å². The molecule has 0 spiro atoms. The van der Waals surface area contributed by atoms with Crippen LogP contribution in [0.1, 0.15) is 25.7 Å². The van der Waals surface area contributed by atoms with Crippen LogP contribution in [0.25, 0.3) is 0 Å². The summed E-state index contributed by atoms with van der Waals surface area (Å²) in [6.45, 7) is 0. The van der Waals surface area contributed by atoms with Crippen molar-refractivity contribution in [3.8, 4) is 0 Å². The number of hydrogen-bond donors (Lipinski definition) is 2. The van der Waals surface area contributed by atoms with Crippen molar-refractivity contribution in [1.82, 2.24) is 10.8 Å². The molecule has 0 saturated heterocycles. The molecule has 1 aliphatic carbocycles. The molecule has 4 nitrogen and oxygen atoms in total. The largest absolute Gasteiger partial charge is 0.338 e. The van der Waals surface area contributed by atoms with E-state index in [1.807, 2.05) is 0 Å². The average Bonchev–Trinajstić information content (AvgIpc) is 2.04. The summed E-state index contributed by atoms with van der Waals surface area (Å²) in [4.78, 5) is 15.6. The number of carbonyl (C=O) groups excluding carboxylic acids is 1. The fraction of sp³-hybridized carbons (Fsp3) is 0.875. The van der Waals surface area contributed by atoms with Gasteiger partial charge in [0.25, 0.3) is 0 Å². The highest BCUT2D eigenvalue weighted by atomic mass is 127. The van der Waals surface area contributed by atoms with Gasteiger partial charge in [0.05, 0.1) is 7.11 Å². The number of rotatable bonds is 2. The van der Waals surface area contributed by atoms with Crippen LogP contribution < -0.4 is 10.8 Å². The fourth-order valence-corrected chi connectivity index (χ4v) is 2.62. The molecule has 1 saturated carbocycles. The first kappa shape index (κ1) is 11.0. The first-order valence-electron chi connectivity index (χ1n) is 4.46. The molecule has 0 aromatic heterocycles. The molecule has 2 amide bonds. The first-order valence-corrected chi connectivity index (χ1v) is 5.70. The first-order chi connectivity index (χ1) is 6.22. The molecule has 13 heavy (non-hydrogen) atoms. The minimum Gasteiger partial charge on any atom is -0.334 e. The Bertz CT molecular complexity index is 178. The Morgan fingerprint density at radius 3 is 2.92 bits per heavy atom. The van der Waals surface area contributed by atoms with Gasteiger partial charge >= 0.3 is 6.03 Å². The van der Waals surface area contributed by atoms with Gasteiger partial charge in [0.1, 0.15) is 0 Å². The standard InChI is InChI=1S/C8H15IN2O2/c1-13-11-8(12)10-7-4-2-3-6(9)5-7/h6-7H,2-5H2,1H3,(H2,10,11,12)/t6-,7+/m0/s1. The van der Waals surface area contributed by atoms with E-state index in [0.29, 0.717) is 9.97 Å². The highest BCUT2D eigenvalue weighted by molar-refractivity contribution is 14.1. The van der Waals surface area contributed by atoms with Crippen LogP contribution in [0.2, 0.25) is 0 Å². The Kier molecular flexibility index (Phi) is 4.79. The van der Waals surface area contributed by atoms with Crippen LogP contribution in [-0.2, 0) is 4.84 Å².